The molecule has 0 spiro atoms. The zero-order valence-electron chi connectivity index (χ0n) is 11.4. The van der Waals surface area contributed by atoms with E-state index >= 15 is 0 Å². The summed E-state index contributed by atoms with van der Waals surface area (Å²) in [6.07, 6.45) is -0.0463. The minimum Gasteiger partial charge on any atom is -0.454 e. The highest BCUT2D eigenvalue weighted by atomic mass is 35.5. The minimum absolute atomic E-state index is 0.0480. The summed E-state index contributed by atoms with van der Waals surface area (Å²) in [5.41, 5.74) is 1.34. The van der Waals surface area contributed by atoms with Crippen LogP contribution in [0.2, 0.25) is 5.02 Å². The van der Waals surface area contributed by atoms with Crippen molar-refractivity contribution in [2.45, 2.75) is 26.4 Å². The fourth-order valence-electron chi connectivity index (χ4n) is 1.97. The van der Waals surface area contributed by atoms with Crippen molar-refractivity contribution in [2.24, 2.45) is 0 Å². The lowest BCUT2D eigenvalue weighted by Crippen LogP contribution is -1.99. The zero-order chi connectivity index (χ0) is 14.7. The van der Waals surface area contributed by atoms with Gasteiger partial charge in [-0.25, -0.2) is 4.39 Å². The number of aliphatic hydroxyl groups excluding tert-OH is 1. The summed E-state index contributed by atoms with van der Waals surface area (Å²) < 4.78 is 19.5. The summed E-state index contributed by atoms with van der Waals surface area (Å²) in [7, 11) is 0. The molecule has 1 atom stereocenters. The summed E-state index contributed by atoms with van der Waals surface area (Å²) in [5.74, 6) is 0.0431. The predicted octanol–water partition coefficient (Wildman–Crippen LogP) is 4.89. The minimum atomic E-state index is -0.807. The monoisotopic (exact) mass is 294 g/mol. The Kier molecular flexibility index (Phi) is 4.63. The molecule has 0 saturated heterocycles. The normalized spacial score (nSPS) is 12.2. The third kappa shape index (κ3) is 3.11. The number of aryl methyl sites for hydroxylation is 1. The topological polar surface area (TPSA) is 29.5 Å². The maximum atomic E-state index is 13.9. The number of ether oxygens (including phenoxy) is 1. The third-order valence-corrected chi connectivity index (χ3v) is 3.43. The molecule has 4 heteroatoms. The Bertz CT molecular complexity index is 611. The summed E-state index contributed by atoms with van der Waals surface area (Å²) >= 11 is 6.04. The molecule has 2 aromatic carbocycles. The highest BCUT2D eigenvalue weighted by Crippen LogP contribution is 2.33. The first kappa shape index (κ1) is 14.8. The molecule has 1 N–H and O–H groups in total. The molecule has 106 valence electrons. The van der Waals surface area contributed by atoms with Gasteiger partial charge in [0.1, 0.15) is 5.75 Å². The van der Waals surface area contributed by atoms with Crippen LogP contribution in [0.4, 0.5) is 4.39 Å². The second-order valence-electron chi connectivity index (χ2n) is 4.54. The summed E-state index contributed by atoms with van der Waals surface area (Å²) in [5, 5.41) is 10.3. The van der Waals surface area contributed by atoms with Crippen molar-refractivity contribution in [1.82, 2.24) is 0 Å². The van der Waals surface area contributed by atoms with Crippen LogP contribution in [0.5, 0.6) is 11.5 Å². The Morgan fingerprint density at radius 3 is 2.70 bits per heavy atom. The number of para-hydroxylation sites is 1. The van der Waals surface area contributed by atoms with E-state index in [-0.39, 0.29) is 5.75 Å². The Hall–Kier alpha value is -1.58. The van der Waals surface area contributed by atoms with Gasteiger partial charge in [-0.15, -0.1) is 0 Å². The standard InChI is InChI=1S/C16H16ClFO2/c1-3-11-9-12(7-8-14(11)17)20-16-13(10(2)19)5-4-6-15(16)18/h4-10,19H,3H2,1-2H3. The van der Waals surface area contributed by atoms with Crippen molar-refractivity contribution in [3.05, 3.63) is 58.4 Å². The van der Waals surface area contributed by atoms with Crippen molar-refractivity contribution >= 4 is 11.6 Å². The molecule has 0 fully saturated rings. The molecule has 0 saturated carbocycles. The van der Waals surface area contributed by atoms with Crippen LogP contribution in [-0.4, -0.2) is 5.11 Å². The molecule has 0 aliphatic heterocycles. The van der Waals surface area contributed by atoms with Crippen molar-refractivity contribution in [2.75, 3.05) is 0 Å². The van der Waals surface area contributed by atoms with Gasteiger partial charge in [0, 0.05) is 10.6 Å². The highest BCUT2D eigenvalue weighted by Gasteiger charge is 2.15. The van der Waals surface area contributed by atoms with Crippen molar-refractivity contribution < 1.29 is 14.2 Å². The van der Waals surface area contributed by atoms with Gasteiger partial charge >= 0.3 is 0 Å². The molecular formula is C16H16ClFO2. The maximum Gasteiger partial charge on any atom is 0.168 e. The SMILES string of the molecule is CCc1cc(Oc2c(F)cccc2C(C)O)ccc1Cl. The molecule has 0 amide bonds. The zero-order valence-corrected chi connectivity index (χ0v) is 12.1. The van der Waals surface area contributed by atoms with Gasteiger partial charge in [0.05, 0.1) is 6.10 Å². The second-order valence-corrected chi connectivity index (χ2v) is 4.95. The molecule has 2 rings (SSSR count). The van der Waals surface area contributed by atoms with Crippen molar-refractivity contribution in [1.29, 1.82) is 0 Å². The quantitative estimate of drug-likeness (QED) is 0.870. The van der Waals surface area contributed by atoms with Crippen LogP contribution in [0, 0.1) is 5.82 Å². The van der Waals surface area contributed by atoms with Crippen LogP contribution >= 0.6 is 11.6 Å². The van der Waals surface area contributed by atoms with Gasteiger partial charge in [0.15, 0.2) is 11.6 Å². The summed E-state index contributed by atoms with van der Waals surface area (Å²) in [6.45, 7) is 3.55. The fourth-order valence-corrected chi connectivity index (χ4v) is 2.22. The molecule has 2 nitrogen and oxygen atoms in total. The number of aliphatic hydroxyl groups is 1. The van der Waals surface area contributed by atoms with Gasteiger partial charge in [0.25, 0.3) is 0 Å². The van der Waals surface area contributed by atoms with E-state index in [1.165, 1.54) is 6.07 Å². The van der Waals surface area contributed by atoms with E-state index in [2.05, 4.69) is 0 Å². The van der Waals surface area contributed by atoms with Crippen LogP contribution in [0.1, 0.15) is 31.1 Å². The molecule has 0 aliphatic carbocycles. The molecule has 0 aromatic heterocycles. The summed E-state index contributed by atoms with van der Waals surface area (Å²) in [6, 6.07) is 9.67. The summed E-state index contributed by atoms with van der Waals surface area (Å²) in [4.78, 5) is 0. The lowest BCUT2D eigenvalue weighted by Gasteiger charge is -2.14. The lowest BCUT2D eigenvalue weighted by molar-refractivity contribution is 0.194. The van der Waals surface area contributed by atoms with Gasteiger partial charge in [-0.2, -0.15) is 0 Å². The largest absolute Gasteiger partial charge is 0.454 e. The van der Waals surface area contributed by atoms with E-state index in [9.17, 15) is 9.50 Å². The highest BCUT2D eigenvalue weighted by molar-refractivity contribution is 6.31. The van der Waals surface area contributed by atoms with E-state index < -0.39 is 11.9 Å². The molecule has 2 aromatic rings. The van der Waals surface area contributed by atoms with Gasteiger partial charge in [-0.1, -0.05) is 30.7 Å². The fraction of sp³-hybridized carbons (Fsp3) is 0.250. The smallest absolute Gasteiger partial charge is 0.168 e. The van der Waals surface area contributed by atoms with E-state index in [4.69, 9.17) is 16.3 Å². The lowest BCUT2D eigenvalue weighted by atomic mass is 10.1. The molecule has 0 radical (unpaired) electrons. The number of rotatable bonds is 4. The Morgan fingerprint density at radius 2 is 2.05 bits per heavy atom. The third-order valence-electron chi connectivity index (χ3n) is 3.07. The van der Waals surface area contributed by atoms with E-state index in [1.54, 1.807) is 37.3 Å². The first-order valence-electron chi connectivity index (χ1n) is 6.45. The molecule has 20 heavy (non-hydrogen) atoms. The molecule has 0 aliphatic rings. The average molecular weight is 295 g/mol. The number of benzene rings is 2. The molecular weight excluding hydrogens is 279 g/mol. The van der Waals surface area contributed by atoms with Gasteiger partial charge in [-0.3, -0.25) is 0 Å². The van der Waals surface area contributed by atoms with Crippen LogP contribution < -0.4 is 4.74 Å². The molecule has 1 unspecified atom stereocenters. The van der Waals surface area contributed by atoms with Crippen LogP contribution in [-0.2, 0) is 6.42 Å². The van der Waals surface area contributed by atoms with Gasteiger partial charge < -0.3 is 9.84 Å². The Labute approximate surface area is 122 Å². The first-order valence-corrected chi connectivity index (χ1v) is 6.83. The average Bonchev–Trinajstić information content (AvgIpc) is 2.42. The predicted molar refractivity (Wildman–Crippen MR) is 77.9 cm³/mol. The first-order chi connectivity index (χ1) is 9.52. The molecule has 0 heterocycles. The van der Waals surface area contributed by atoms with Gasteiger partial charge in [0.2, 0.25) is 0 Å². The van der Waals surface area contributed by atoms with E-state index in [0.717, 1.165) is 12.0 Å². The van der Waals surface area contributed by atoms with Crippen molar-refractivity contribution in [3.8, 4) is 11.5 Å². The molecule has 0 bridgehead atoms. The second kappa shape index (κ2) is 6.25. The van der Waals surface area contributed by atoms with Crippen molar-refractivity contribution in [3.63, 3.8) is 0 Å². The van der Waals surface area contributed by atoms with E-state index in [0.29, 0.717) is 16.3 Å². The number of halogens is 2. The van der Waals surface area contributed by atoms with Crippen LogP contribution in [0.25, 0.3) is 0 Å². The Balaban J connectivity index is 2.39. The number of hydrogen-bond acceptors (Lipinski definition) is 2. The maximum absolute atomic E-state index is 13.9. The Morgan fingerprint density at radius 1 is 1.30 bits per heavy atom. The van der Waals surface area contributed by atoms with E-state index in [1.807, 2.05) is 6.92 Å². The number of hydrogen-bond donors (Lipinski definition) is 1. The van der Waals surface area contributed by atoms with Crippen LogP contribution in [0.15, 0.2) is 36.4 Å². The van der Waals surface area contributed by atoms with Gasteiger partial charge in [-0.05, 0) is 43.2 Å². The van der Waals surface area contributed by atoms with Crippen LogP contribution in [0.3, 0.4) is 0 Å².